The molecule has 7 rings (SSSR count). The highest BCUT2D eigenvalue weighted by Gasteiger charge is 2.54. The molecule has 4 aromatic rings. The van der Waals surface area contributed by atoms with Gasteiger partial charge in [-0.2, -0.15) is 0 Å². The Bertz CT molecular complexity index is 1760. The summed E-state index contributed by atoms with van der Waals surface area (Å²) < 4.78 is 6.01. The van der Waals surface area contributed by atoms with Crippen molar-refractivity contribution >= 4 is 60.4 Å². The molecule has 3 N–H and O–H groups in total. The minimum Gasteiger partial charge on any atom is -0.452 e. The number of piperidine rings is 1. The lowest BCUT2D eigenvalue weighted by atomic mass is 9.67. The number of rotatable bonds is 7. The van der Waals surface area contributed by atoms with E-state index in [0.717, 1.165) is 49.4 Å². The van der Waals surface area contributed by atoms with Crippen LogP contribution in [0, 0.1) is 10.1 Å². The quantitative estimate of drug-likeness (QED) is 0.119. The van der Waals surface area contributed by atoms with Crippen molar-refractivity contribution in [2.75, 3.05) is 18.0 Å². The van der Waals surface area contributed by atoms with Gasteiger partial charge in [-0.05, 0) is 79.6 Å². The van der Waals surface area contributed by atoms with Crippen LogP contribution in [0.2, 0.25) is 0 Å². The van der Waals surface area contributed by atoms with Crippen LogP contribution in [-0.4, -0.2) is 40.0 Å². The molecule has 3 aromatic carbocycles. The minimum atomic E-state index is -0.558. The molecular formula is C35H39Cl3N6O4. The zero-order valence-electron chi connectivity index (χ0n) is 26.4. The number of nitrogens with two attached hydrogens (primary N) is 1. The summed E-state index contributed by atoms with van der Waals surface area (Å²) in [6, 6.07) is 22.6. The second kappa shape index (κ2) is 15.2. The first-order valence-electron chi connectivity index (χ1n) is 15.6. The van der Waals surface area contributed by atoms with Gasteiger partial charge in [0.1, 0.15) is 18.2 Å². The molecule has 0 bridgehead atoms. The van der Waals surface area contributed by atoms with Crippen LogP contribution in [0.1, 0.15) is 76.5 Å². The van der Waals surface area contributed by atoms with Crippen LogP contribution in [0.5, 0.6) is 0 Å². The number of hydrogen-bond donors (Lipinski definition) is 2. The number of nitrogens with one attached hydrogen (secondary N) is 1. The van der Waals surface area contributed by atoms with Gasteiger partial charge in [0.2, 0.25) is 0 Å². The van der Waals surface area contributed by atoms with E-state index in [0.29, 0.717) is 18.7 Å². The Labute approximate surface area is 298 Å². The number of aromatic nitrogens is 2. The standard InChI is InChI=1S/C35H36N6O4.3ClH/c1-22-18-28(45-34(42)24-10-12-26(13-11-24)41(43)44)32-30(22)33(39-21-38-32)40-27-9-5-8-25(20-36)31(27)35(14-16-37-17-15-35)29(40)19-23-6-3-2-4-7-23;;;/h2-13,21-22,28-29,37H,14-20,36H2,1H3;3*1H/t22-,28-,29-;;;/m1.../s1. The van der Waals surface area contributed by atoms with E-state index in [-0.39, 0.29) is 65.8 Å². The van der Waals surface area contributed by atoms with E-state index < -0.39 is 17.0 Å². The lowest BCUT2D eigenvalue weighted by Gasteiger charge is -2.43. The molecule has 3 atom stereocenters. The summed E-state index contributed by atoms with van der Waals surface area (Å²) in [6.07, 6.45) is 4.41. The Hall–Kier alpha value is -3.80. The molecule has 1 aliphatic carbocycles. The van der Waals surface area contributed by atoms with Crippen LogP contribution in [0.15, 0.2) is 79.1 Å². The van der Waals surface area contributed by atoms with Crippen LogP contribution in [-0.2, 0) is 23.1 Å². The fourth-order valence-electron chi connectivity index (χ4n) is 7.85. The zero-order valence-corrected chi connectivity index (χ0v) is 28.9. The van der Waals surface area contributed by atoms with Gasteiger partial charge in [0, 0.05) is 41.4 Å². The second-order valence-electron chi connectivity index (χ2n) is 12.3. The smallest absolute Gasteiger partial charge is 0.338 e. The number of nitro benzene ring substituents is 1. The first kappa shape index (κ1) is 37.0. The van der Waals surface area contributed by atoms with E-state index in [1.807, 2.05) is 0 Å². The van der Waals surface area contributed by atoms with Crippen molar-refractivity contribution in [1.82, 2.24) is 15.3 Å². The number of carbonyl (C=O) groups excluding carboxylic acids is 1. The highest BCUT2D eigenvalue weighted by Crippen LogP contribution is 2.57. The van der Waals surface area contributed by atoms with Gasteiger partial charge in [-0.1, -0.05) is 49.4 Å². The number of benzene rings is 3. The van der Waals surface area contributed by atoms with Crippen molar-refractivity contribution in [3.63, 3.8) is 0 Å². The van der Waals surface area contributed by atoms with Crippen molar-refractivity contribution < 1.29 is 14.5 Å². The topological polar surface area (TPSA) is 137 Å². The third kappa shape index (κ3) is 6.35. The Morgan fingerprint density at radius 1 is 1.02 bits per heavy atom. The molecule has 13 heteroatoms. The number of carbonyl (C=O) groups is 1. The molecule has 0 radical (unpaired) electrons. The summed E-state index contributed by atoms with van der Waals surface area (Å²) in [4.78, 5) is 35.8. The maximum absolute atomic E-state index is 13.2. The fourth-order valence-corrected chi connectivity index (χ4v) is 7.85. The van der Waals surface area contributed by atoms with Crippen molar-refractivity contribution in [3.8, 4) is 0 Å². The molecule has 0 amide bonds. The predicted octanol–water partition coefficient (Wildman–Crippen LogP) is 6.90. The van der Waals surface area contributed by atoms with Gasteiger partial charge >= 0.3 is 5.97 Å². The maximum atomic E-state index is 13.2. The van der Waals surface area contributed by atoms with Gasteiger partial charge < -0.3 is 20.7 Å². The molecule has 3 aliphatic rings. The molecule has 1 fully saturated rings. The first-order valence-corrected chi connectivity index (χ1v) is 15.6. The fraction of sp³-hybridized carbons (Fsp3) is 0.343. The van der Waals surface area contributed by atoms with Crippen LogP contribution in [0.4, 0.5) is 17.2 Å². The molecule has 3 heterocycles. The van der Waals surface area contributed by atoms with E-state index in [1.165, 1.54) is 41.0 Å². The number of esters is 1. The predicted molar refractivity (Wildman–Crippen MR) is 192 cm³/mol. The van der Waals surface area contributed by atoms with Gasteiger partial charge in [-0.25, -0.2) is 14.8 Å². The van der Waals surface area contributed by atoms with Gasteiger partial charge in [-0.15, -0.1) is 37.2 Å². The number of nitro groups is 1. The lowest BCUT2D eigenvalue weighted by molar-refractivity contribution is -0.384. The van der Waals surface area contributed by atoms with Crippen LogP contribution in [0.3, 0.4) is 0 Å². The summed E-state index contributed by atoms with van der Waals surface area (Å²) >= 11 is 0. The number of non-ortho nitro benzene ring substituents is 1. The monoisotopic (exact) mass is 712 g/mol. The van der Waals surface area contributed by atoms with Crippen molar-refractivity contribution in [2.45, 2.75) is 62.6 Å². The third-order valence-corrected chi connectivity index (χ3v) is 9.87. The summed E-state index contributed by atoms with van der Waals surface area (Å²) in [5.41, 5.74) is 13.1. The van der Waals surface area contributed by atoms with E-state index >= 15 is 0 Å². The summed E-state index contributed by atoms with van der Waals surface area (Å²) in [6.45, 7) is 4.45. The van der Waals surface area contributed by atoms with Gasteiger partial charge in [-0.3, -0.25) is 10.1 Å². The van der Waals surface area contributed by atoms with Crippen molar-refractivity contribution in [1.29, 1.82) is 0 Å². The molecule has 0 saturated carbocycles. The summed E-state index contributed by atoms with van der Waals surface area (Å²) in [5.74, 6) is 0.354. The highest BCUT2D eigenvalue weighted by molar-refractivity contribution is 5.90. The molecule has 254 valence electrons. The van der Waals surface area contributed by atoms with Crippen molar-refractivity contribution in [3.05, 3.63) is 123 Å². The molecule has 10 nitrogen and oxygen atoms in total. The number of hydrogen-bond acceptors (Lipinski definition) is 9. The summed E-state index contributed by atoms with van der Waals surface area (Å²) in [7, 11) is 0. The van der Waals surface area contributed by atoms with E-state index in [2.05, 4.69) is 70.7 Å². The Morgan fingerprint density at radius 2 is 1.73 bits per heavy atom. The summed E-state index contributed by atoms with van der Waals surface area (Å²) in [5, 5.41) is 14.7. The van der Waals surface area contributed by atoms with Gasteiger partial charge in [0.25, 0.3) is 5.69 Å². The van der Waals surface area contributed by atoms with E-state index in [1.54, 1.807) is 6.33 Å². The number of fused-ring (bicyclic) bond motifs is 3. The third-order valence-electron chi connectivity index (χ3n) is 9.87. The molecular weight excluding hydrogens is 675 g/mol. The highest BCUT2D eigenvalue weighted by atomic mass is 35.5. The number of anilines is 2. The van der Waals surface area contributed by atoms with Gasteiger partial charge in [0.05, 0.1) is 16.2 Å². The molecule has 1 spiro atoms. The number of nitrogens with zero attached hydrogens (tertiary/aromatic N) is 4. The molecule has 1 aromatic heterocycles. The Balaban J connectivity index is 0.00000173. The van der Waals surface area contributed by atoms with Crippen LogP contribution >= 0.6 is 37.2 Å². The first-order chi connectivity index (χ1) is 21.9. The zero-order chi connectivity index (χ0) is 31.1. The largest absolute Gasteiger partial charge is 0.452 e. The minimum absolute atomic E-state index is 0. The van der Waals surface area contributed by atoms with Crippen LogP contribution in [0.25, 0.3) is 0 Å². The number of halogens is 3. The van der Waals surface area contributed by atoms with E-state index in [4.69, 9.17) is 15.5 Å². The maximum Gasteiger partial charge on any atom is 0.338 e. The number of ether oxygens (including phenoxy) is 1. The van der Waals surface area contributed by atoms with Crippen molar-refractivity contribution in [2.24, 2.45) is 5.73 Å². The molecule has 2 aliphatic heterocycles. The van der Waals surface area contributed by atoms with E-state index in [9.17, 15) is 14.9 Å². The average molecular weight is 714 g/mol. The Kier molecular flexibility index (Phi) is 11.7. The Morgan fingerprint density at radius 3 is 2.40 bits per heavy atom. The lowest BCUT2D eigenvalue weighted by Crippen LogP contribution is -2.51. The molecule has 48 heavy (non-hydrogen) atoms. The SMILES string of the molecule is C[C@@H]1C[C@@H](OC(=O)c2ccc([N+](=O)[O-])cc2)c2ncnc(N3c4cccc(CN)c4C4(CCNCC4)[C@H]3Cc3ccccc3)c21.Cl.Cl.Cl. The van der Waals surface area contributed by atoms with Gasteiger partial charge in [0.15, 0.2) is 0 Å². The molecule has 1 saturated heterocycles. The normalized spacial score (nSPS) is 20.0. The average Bonchev–Trinajstić information content (AvgIpc) is 3.52. The van der Waals surface area contributed by atoms with Crippen LogP contribution < -0.4 is 16.0 Å². The second-order valence-corrected chi connectivity index (χ2v) is 12.3. The molecule has 0 unspecified atom stereocenters.